The second kappa shape index (κ2) is 12.7. The number of sulfonamides is 1. The van der Waals surface area contributed by atoms with E-state index in [0.717, 1.165) is 36.3 Å². The van der Waals surface area contributed by atoms with Crippen LogP contribution in [0.25, 0.3) is 5.69 Å². The maximum Gasteiger partial charge on any atom is 0.243 e. The number of ketones is 1. The Morgan fingerprint density at radius 1 is 0.974 bits per heavy atom. The number of nitrogens with zero attached hydrogens (tertiary/aromatic N) is 4. The Morgan fingerprint density at radius 3 is 2.32 bits per heavy atom. The number of nitrogens with one attached hydrogen (secondary N) is 1. The van der Waals surface area contributed by atoms with Gasteiger partial charge in [-0.2, -0.15) is 4.31 Å². The first-order chi connectivity index (χ1) is 18.3. The summed E-state index contributed by atoms with van der Waals surface area (Å²) in [5.74, 6) is 0.689. The number of hydrogen-bond acceptors (Lipinski definition) is 7. The number of hydrogen-bond donors (Lipinski definition) is 1. The predicted octanol–water partition coefficient (Wildman–Crippen LogP) is 3.79. The third-order valence-electron chi connectivity index (χ3n) is 6.41. The summed E-state index contributed by atoms with van der Waals surface area (Å²) in [4.78, 5) is 24.4. The van der Waals surface area contributed by atoms with Crippen LogP contribution in [0.15, 0.2) is 58.6 Å². The van der Waals surface area contributed by atoms with Crippen molar-refractivity contribution >= 4 is 33.5 Å². The maximum atomic E-state index is 13.0. The maximum absolute atomic E-state index is 13.0. The number of carbonyl (C=O) groups is 2. The largest absolute Gasteiger partial charge is 0.356 e. The molecule has 0 unspecified atom stereocenters. The van der Waals surface area contributed by atoms with Gasteiger partial charge in [0.1, 0.15) is 5.82 Å². The number of carbonyl (C=O) groups excluding carboxylic acids is 2. The molecule has 0 atom stereocenters. The fourth-order valence-electron chi connectivity index (χ4n) is 4.30. The standard InChI is InChI=1S/C27H33N5O4S2/c1-20-8-12-23(13-9-20)32-26(7-6-16-28-21(2)33)29-30-27(32)37-19-25(34)22-10-14-24(15-11-22)38(35,36)31-17-4-3-5-18-31/h8-15H,3-7,16-19H2,1-2H3,(H,28,33). The summed E-state index contributed by atoms with van der Waals surface area (Å²) < 4.78 is 29.3. The summed E-state index contributed by atoms with van der Waals surface area (Å²) in [6.45, 7) is 5.12. The smallest absolute Gasteiger partial charge is 0.243 e. The lowest BCUT2D eigenvalue weighted by atomic mass is 10.1. The topological polar surface area (TPSA) is 114 Å². The second-order valence-corrected chi connectivity index (χ2v) is 12.2. The molecule has 1 aliphatic heterocycles. The van der Waals surface area contributed by atoms with Gasteiger partial charge in [0, 0.05) is 44.2 Å². The van der Waals surface area contributed by atoms with Crippen LogP contribution < -0.4 is 5.32 Å². The van der Waals surface area contributed by atoms with Crippen molar-refractivity contribution in [3.63, 3.8) is 0 Å². The number of thioether (sulfide) groups is 1. The molecule has 1 amide bonds. The van der Waals surface area contributed by atoms with Crippen molar-refractivity contribution < 1.29 is 18.0 Å². The Kier molecular flexibility index (Phi) is 9.35. The number of piperidine rings is 1. The average Bonchev–Trinajstić information content (AvgIpc) is 3.33. The van der Waals surface area contributed by atoms with E-state index < -0.39 is 10.0 Å². The summed E-state index contributed by atoms with van der Waals surface area (Å²) in [6, 6.07) is 14.2. The number of aryl methyl sites for hydroxylation is 2. The SMILES string of the molecule is CC(=O)NCCCc1nnc(SCC(=O)c2ccc(S(=O)(=O)N3CCCCC3)cc2)n1-c1ccc(C)cc1. The van der Waals surface area contributed by atoms with E-state index in [4.69, 9.17) is 0 Å². The van der Waals surface area contributed by atoms with Crippen molar-refractivity contribution in [2.45, 2.75) is 56.0 Å². The number of rotatable bonds is 11. The van der Waals surface area contributed by atoms with Crippen LogP contribution in [0.2, 0.25) is 0 Å². The van der Waals surface area contributed by atoms with Gasteiger partial charge in [-0.1, -0.05) is 48.0 Å². The van der Waals surface area contributed by atoms with Crippen LogP contribution in [0, 0.1) is 6.92 Å². The average molecular weight is 556 g/mol. The molecule has 2 aromatic carbocycles. The van der Waals surface area contributed by atoms with Crippen molar-refractivity contribution in [1.82, 2.24) is 24.4 Å². The Bertz CT molecular complexity index is 1360. The summed E-state index contributed by atoms with van der Waals surface area (Å²) in [5, 5.41) is 12.1. The molecular formula is C27H33N5O4S2. The summed E-state index contributed by atoms with van der Waals surface area (Å²) >= 11 is 1.29. The molecule has 2 heterocycles. The van der Waals surface area contributed by atoms with Gasteiger partial charge in [-0.15, -0.1) is 10.2 Å². The molecule has 0 radical (unpaired) electrons. The molecule has 1 saturated heterocycles. The molecule has 4 rings (SSSR count). The van der Waals surface area contributed by atoms with E-state index in [-0.39, 0.29) is 22.3 Å². The molecule has 202 valence electrons. The molecule has 0 saturated carbocycles. The first-order valence-corrected chi connectivity index (χ1v) is 15.2. The van der Waals surface area contributed by atoms with E-state index in [1.165, 1.54) is 35.1 Å². The zero-order valence-corrected chi connectivity index (χ0v) is 23.4. The number of benzene rings is 2. The molecule has 0 spiro atoms. The molecule has 0 bridgehead atoms. The first kappa shape index (κ1) is 28.0. The number of Topliss-reactive ketones (excluding diaryl/α,β-unsaturated/α-hetero) is 1. The highest BCUT2D eigenvalue weighted by Gasteiger charge is 2.26. The van der Waals surface area contributed by atoms with Gasteiger partial charge in [0.15, 0.2) is 10.9 Å². The van der Waals surface area contributed by atoms with Crippen LogP contribution in [-0.4, -0.2) is 64.6 Å². The van der Waals surface area contributed by atoms with Crippen molar-refractivity contribution in [2.75, 3.05) is 25.4 Å². The zero-order valence-electron chi connectivity index (χ0n) is 21.7. The van der Waals surface area contributed by atoms with Gasteiger partial charge in [0.2, 0.25) is 15.9 Å². The minimum absolute atomic E-state index is 0.0723. The van der Waals surface area contributed by atoms with Crippen molar-refractivity contribution in [3.8, 4) is 5.69 Å². The van der Waals surface area contributed by atoms with E-state index in [1.807, 2.05) is 35.8 Å². The monoisotopic (exact) mass is 555 g/mol. The molecule has 38 heavy (non-hydrogen) atoms. The lowest BCUT2D eigenvalue weighted by Crippen LogP contribution is -2.35. The summed E-state index contributed by atoms with van der Waals surface area (Å²) in [6.07, 6.45) is 4.12. The van der Waals surface area contributed by atoms with E-state index in [1.54, 1.807) is 12.1 Å². The molecule has 3 aromatic rings. The lowest BCUT2D eigenvalue weighted by Gasteiger charge is -2.25. The van der Waals surface area contributed by atoms with Gasteiger partial charge in [0.05, 0.1) is 10.6 Å². The van der Waals surface area contributed by atoms with Crippen LogP contribution in [0.3, 0.4) is 0 Å². The van der Waals surface area contributed by atoms with Crippen molar-refractivity contribution in [2.24, 2.45) is 0 Å². The predicted molar refractivity (Wildman–Crippen MR) is 147 cm³/mol. The van der Waals surface area contributed by atoms with E-state index in [2.05, 4.69) is 15.5 Å². The molecule has 0 aliphatic carbocycles. The van der Waals surface area contributed by atoms with Gasteiger partial charge >= 0.3 is 0 Å². The third kappa shape index (κ3) is 6.89. The minimum Gasteiger partial charge on any atom is -0.356 e. The van der Waals surface area contributed by atoms with Gasteiger partial charge in [0.25, 0.3) is 0 Å². The Labute approximate surface area is 228 Å². The third-order valence-corrected chi connectivity index (χ3v) is 9.25. The molecular weight excluding hydrogens is 522 g/mol. The van der Waals surface area contributed by atoms with Gasteiger partial charge in [-0.05, 0) is 50.5 Å². The van der Waals surface area contributed by atoms with Crippen LogP contribution >= 0.6 is 11.8 Å². The quantitative estimate of drug-likeness (QED) is 0.217. The highest BCUT2D eigenvalue weighted by Crippen LogP contribution is 2.25. The van der Waals surface area contributed by atoms with E-state index in [0.29, 0.717) is 43.2 Å². The summed E-state index contributed by atoms with van der Waals surface area (Å²) in [7, 11) is -3.54. The second-order valence-electron chi connectivity index (χ2n) is 9.36. The fraction of sp³-hybridized carbons (Fsp3) is 0.407. The van der Waals surface area contributed by atoms with Crippen LogP contribution in [0.5, 0.6) is 0 Å². The molecule has 11 heteroatoms. The van der Waals surface area contributed by atoms with Crippen LogP contribution in [-0.2, 0) is 21.2 Å². The van der Waals surface area contributed by atoms with Gasteiger partial charge < -0.3 is 5.32 Å². The van der Waals surface area contributed by atoms with Crippen molar-refractivity contribution in [3.05, 3.63) is 65.5 Å². The Balaban J connectivity index is 1.45. The van der Waals surface area contributed by atoms with Gasteiger partial charge in [-0.3, -0.25) is 14.2 Å². The van der Waals surface area contributed by atoms with Gasteiger partial charge in [-0.25, -0.2) is 8.42 Å². The van der Waals surface area contributed by atoms with E-state index >= 15 is 0 Å². The van der Waals surface area contributed by atoms with Crippen LogP contribution in [0.1, 0.15) is 54.4 Å². The minimum atomic E-state index is -3.54. The van der Waals surface area contributed by atoms with Crippen molar-refractivity contribution in [1.29, 1.82) is 0 Å². The highest BCUT2D eigenvalue weighted by molar-refractivity contribution is 7.99. The Morgan fingerprint density at radius 2 is 1.66 bits per heavy atom. The number of amides is 1. The lowest BCUT2D eigenvalue weighted by molar-refractivity contribution is -0.118. The normalized spacial score (nSPS) is 14.4. The molecule has 9 nitrogen and oxygen atoms in total. The summed E-state index contributed by atoms with van der Waals surface area (Å²) in [5.41, 5.74) is 2.48. The fourth-order valence-corrected chi connectivity index (χ4v) is 6.68. The number of aromatic nitrogens is 3. The molecule has 1 aliphatic rings. The molecule has 1 aromatic heterocycles. The Hall–Kier alpha value is -3.02. The van der Waals surface area contributed by atoms with Crippen LogP contribution in [0.4, 0.5) is 0 Å². The first-order valence-electron chi connectivity index (χ1n) is 12.8. The zero-order chi connectivity index (χ0) is 27.1. The van der Waals surface area contributed by atoms with E-state index in [9.17, 15) is 18.0 Å². The highest BCUT2D eigenvalue weighted by atomic mass is 32.2. The molecule has 1 fully saturated rings. The molecule has 1 N–H and O–H groups in total.